The molecule has 104 valence electrons. The molecule has 1 heterocycles. The van der Waals surface area contributed by atoms with Gasteiger partial charge in [0.25, 0.3) is 0 Å². The fraction of sp³-hybridized carbons (Fsp3) is 0.0588. The van der Waals surface area contributed by atoms with Gasteiger partial charge in [0.2, 0.25) is 5.78 Å². The molecule has 0 amide bonds. The first-order valence-electron chi connectivity index (χ1n) is 6.58. The zero-order valence-electron chi connectivity index (χ0n) is 11.5. The first-order valence-corrected chi connectivity index (χ1v) is 6.95. The lowest BCUT2D eigenvalue weighted by Crippen LogP contribution is -2.11. The Labute approximate surface area is 127 Å². The van der Waals surface area contributed by atoms with Crippen molar-refractivity contribution in [3.8, 4) is 5.69 Å². The molecule has 3 rings (SSSR count). The monoisotopic (exact) mass is 296 g/mol. The minimum atomic E-state index is -0.0867. The molecule has 0 unspecified atom stereocenters. The Morgan fingerprint density at radius 1 is 1.05 bits per heavy atom. The number of carbonyl (C=O) groups excluding carboxylic acids is 1. The molecule has 0 N–H and O–H groups in total. The molecule has 0 aliphatic heterocycles. The Hall–Kier alpha value is -2.39. The van der Waals surface area contributed by atoms with Crippen LogP contribution in [-0.4, -0.2) is 15.6 Å². The standard InChI is InChI=1S/C17H13ClN2O/c1-12-14(8-5-9-15(12)18)17(21)16-10-11-19-20(16)13-6-3-2-4-7-13/h2-11H,1H3. The van der Waals surface area contributed by atoms with E-state index in [4.69, 9.17) is 11.6 Å². The number of carbonyl (C=O) groups is 1. The van der Waals surface area contributed by atoms with Crippen LogP contribution in [0.3, 0.4) is 0 Å². The maximum atomic E-state index is 12.8. The highest BCUT2D eigenvalue weighted by atomic mass is 35.5. The van der Waals surface area contributed by atoms with Gasteiger partial charge in [0.15, 0.2) is 0 Å². The van der Waals surface area contributed by atoms with Gasteiger partial charge in [-0.2, -0.15) is 5.10 Å². The highest BCUT2D eigenvalue weighted by Gasteiger charge is 2.18. The van der Waals surface area contributed by atoms with Gasteiger partial charge in [-0.15, -0.1) is 0 Å². The molecule has 0 fully saturated rings. The third-order valence-corrected chi connectivity index (χ3v) is 3.80. The summed E-state index contributed by atoms with van der Waals surface area (Å²) in [7, 11) is 0. The van der Waals surface area contributed by atoms with Crippen molar-refractivity contribution in [2.45, 2.75) is 6.92 Å². The van der Waals surface area contributed by atoms with Crippen LogP contribution in [-0.2, 0) is 0 Å². The molecule has 2 aromatic carbocycles. The quantitative estimate of drug-likeness (QED) is 0.683. The molecule has 0 bridgehead atoms. The molecule has 21 heavy (non-hydrogen) atoms. The predicted molar refractivity (Wildman–Crippen MR) is 83.2 cm³/mol. The van der Waals surface area contributed by atoms with Gasteiger partial charge in [-0.05, 0) is 36.8 Å². The van der Waals surface area contributed by atoms with Crippen molar-refractivity contribution in [2.75, 3.05) is 0 Å². The summed E-state index contributed by atoms with van der Waals surface area (Å²) < 4.78 is 1.64. The minimum Gasteiger partial charge on any atom is -0.287 e. The SMILES string of the molecule is Cc1c(Cl)cccc1C(=O)c1ccnn1-c1ccccc1. The van der Waals surface area contributed by atoms with E-state index >= 15 is 0 Å². The Morgan fingerprint density at radius 2 is 1.81 bits per heavy atom. The van der Waals surface area contributed by atoms with Crippen molar-refractivity contribution >= 4 is 17.4 Å². The second kappa shape index (κ2) is 5.54. The average Bonchev–Trinajstić information content (AvgIpc) is 3.00. The fourth-order valence-corrected chi connectivity index (χ4v) is 2.42. The van der Waals surface area contributed by atoms with E-state index in [1.54, 1.807) is 35.1 Å². The topological polar surface area (TPSA) is 34.9 Å². The van der Waals surface area contributed by atoms with Crippen LogP contribution < -0.4 is 0 Å². The van der Waals surface area contributed by atoms with E-state index in [9.17, 15) is 4.79 Å². The maximum absolute atomic E-state index is 12.8. The first kappa shape index (κ1) is 13.6. The molecular weight excluding hydrogens is 284 g/mol. The van der Waals surface area contributed by atoms with E-state index in [1.807, 2.05) is 37.3 Å². The second-order valence-corrected chi connectivity index (χ2v) is 5.11. The summed E-state index contributed by atoms with van der Waals surface area (Å²) in [5.41, 5.74) is 2.75. The van der Waals surface area contributed by atoms with Gasteiger partial charge in [0.05, 0.1) is 11.9 Å². The molecule has 3 aromatic rings. The number of rotatable bonds is 3. The van der Waals surface area contributed by atoms with Gasteiger partial charge < -0.3 is 0 Å². The predicted octanol–water partition coefficient (Wildman–Crippen LogP) is 4.07. The molecule has 0 saturated heterocycles. The number of aromatic nitrogens is 2. The zero-order chi connectivity index (χ0) is 14.8. The maximum Gasteiger partial charge on any atom is 0.211 e. The van der Waals surface area contributed by atoms with Crippen molar-refractivity contribution in [3.63, 3.8) is 0 Å². The molecule has 0 atom stereocenters. The fourth-order valence-electron chi connectivity index (χ4n) is 2.24. The molecule has 4 heteroatoms. The van der Waals surface area contributed by atoms with Crippen molar-refractivity contribution in [1.29, 1.82) is 0 Å². The molecule has 0 aliphatic rings. The van der Waals surface area contributed by atoms with Crippen LogP contribution in [0, 0.1) is 6.92 Å². The molecule has 0 aliphatic carbocycles. The van der Waals surface area contributed by atoms with Crippen LogP contribution in [0.5, 0.6) is 0 Å². The molecule has 0 spiro atoms. The number of halogens is 1. The van der Waals surface area contributed by atoms with Crippen LogP contribution in [0.15, 0.2) is 60.8 Å². The molecular formula is C17H13ClN2O. The summed E-state index contributed by atoms with van der Waals surface area (Å²) in [6, 6.07) is 16.6. The van der Waals surface area contributed by atoms with E-state index in [-0.39, 0.29) is 5.78 Å². The van der Waals surface area contributed by atoms with Crippen LogP contribution in [0.2, 0.25) is 5.02 Å². The highest BCUT2D eigenvalue weighted by molar-refractivity contribution is 6.32. The van der Waals surface area contributed by atoms with Gasteiger partial charge in [-0.1, -0.05) is 41.9 Å². The summed E-state index contributed by atoms with van der Waals surface area (Å²) >= 11 is 6.10. The smallest absolute Gasteiger partial charge is 0.211 e. The van der Waals surface area contributed by atoms with Crippen LogP contribution in [0.4, 0.5) is 0 Å². The van der Waals surface area contributed by atoms with Crippen molar-refractivity contribution in [2.24, 2.45) is 0 Å². The Kier molecular flexibility index (Phi) is 3.59. The lowest BCUT2D eigenvalue weighted by molar-refractivity contribution is 0.103. The van der Waals surface area contributed by atoms with E-state index < -0.39 is 0 Å². The van der Waals surface area contributed by atoms with Crippen LogP contribution in [0.25, 0.3) is 5.69 Å². The Morgan fingerprint density at radius 3 is 2.57 bits per heavy atom. The van der Waals surface area contributed by atoms with Crippen LogP contribution >= 0.6 is 11.6 Å². The normalized spacial score (nSPS) is 10.6. The zero-order valence-corrected chi connectivity index (χ0v) is 12.2. The van der Waals surface area contributed by atoms with E-state index in [2.05, 4.69) is 5.10 Å². The molecule has 1 aromatic heterocycles. The largest absolute Gasteiger partial charge is 0.287 e. The molecule has 0 saturated carbocycles. The van der Waals surface area contributed by atoms with Gasteiger partial charge in [-0.3, -0.25) is 4.79 Å². The van der Waals surface area contributed by atoms with E-state index in [0.717, 1.165) is 11.3 Å². The highest BCUT2D eigenvalue weighted by Crippen LogP contribution is 2.22. The summed E-state index contributed by atoms with van der Waals surface area (Å²) in [6.07, 6.45) is 1.63. The van der Waals surface area contributed by atoms with E-state index in [0.29, 0.717) is 16.3 Å². The van der Waals surface area contributed by atoms with Crippen molar-refractivity contribution in [3.05, 3.63) is 82.6 Å². The lowest BCUT2D eigenvalue weighted by atomic mass is 10.0. The minimum absolute atomic E-state index is 0.0867. The van der Waals surface area contributed by atoms with Gasteiger partial charge in [0, 0.05) is 10.6 Å². The Balaban J connectivity index is 2.08. The lowest BCUT2D eigenvalue weighted by Gasteiger charge is -2.09. The van der Waals surface area contributed by atoms with Crippen molar-refractivity contribution < 1.29 is 4.79 Å². The number of nitrogens with zero attached hydrogens (tertiary/aromatic N) is 2. The van der Waals surface area contributed by atoms with Gasteiger partial charge >= 0.3 is 0 Å². The molecule has 0 radical (unpaired) electrons. The van der Waals surface area contributed by atoms with Gasteiger partial charge in [0.1, 0.15) is 5.69 Å². The summed E-state index contributed by atoms with van der Waals surface area (Å²) in [5.74, 6) is -0.0867. The molecule has 3 nitrogen and oxygen atoms in total. The number of benzene rings is 2. The van der Waals surface area contributed by atoms with E-state index in [1.165, 1.54) is 0 Å². The number of ketones is 1. The third-order valence-electron chi connectivity index (χ3n) is 3.39. The number of hydrogen-bond acceptors (Lipinski definition) is 2. The second-order valence-electron chi connectivity index (χ2n) is 4.71. The van der Waals surface area contributed by atoms with Crippen molar-refractivity contribution in [1.82, 2.24) is 9.78 Å². The summed E-state index contributed by atoms with van der Waals surface area (Å²) in [5, 5.41) is 4.84. The average molecular weight is 297 g/mol. The van der Waals surface area contributed by atoms with Crippen LogP contribution in [0.1, 0.15) is 21.6 Å². The third kappa shape index (κ3) is 2.48. The van der Waals surface area contributed by atoms with Gasteiger partial charge in [-0.25, -0.2) is 4.68 Å². The summed E-state index contributed by atoms with van der Waals surface area (Å²) in [4.78, 5) is 12.8. The number of para-hydroxylation sites is 1. The Bertz CT molecular complexity index is 794. The first-order chi connectivity index (χ1) is 10.2. The summed E-state index contributed by atoms with van der Waals surface area (Å²) in [6.45, 7) is 1.85. The number of hydrogen-bond donors (Lipinski definition) is 0.